The number of aromatic nitrogens is 1. The lowest BCUT2D eigenvalue weighted by molar-refractivity contribution is 0.581. The number of benzene rings is 3. The van der Waals surface area contributed by atoms with Crippen molar-refractivity contribution in [3.63, 3.8) is 0 Å². The molecule has 4 rings (SSSR count). The van der Waals surface area contributed by atoms with Crippen molar-refractivity contribution in [2.45, 2.75) is 43.9 Å². The summed E-state index contributed by atoms with van der Waals surface area (Å²) in [5, 5.41) is 1.12. The zero-order valence-corrected chi connectivity index (χ0v) is 21.7. The van der Waals surface area contributed by atoms with Crippen LogP contribution in [0.1, 0.15) is 37.3 Å². The van der Waals surface area contributed by atoms with Gasteiger partial charge in [0.05, 0.1) is 4.90 Å². The Morgan fingerprint density at radius 1 is 0.857 bits per heavy atom. The summed E-state index contributed by atoms with van der Waals surface area (Å²) in [6, 6.07) is 23.9. The summed E-state index contributed by atoms with van der Waals surface area (Å²) in [6.07, 6.45) is 5.07. The summed E-state index contributed by atoms with van der Waals surface area (Å²) in [4.78, 5) is 5.93. The molecule has 4 aromatic rings. The molecule has 3 aromatic carbocycles. The van der Waals surface area contributed by atoms with Crippen LogP contribution in [0.25, 0.3) is 22.2 Å². The molecule has 0 unspecified atom stereocenters. The zero-order valence-electron chi connectivity index (χ0n) is 20.8. The van der Waals surface area contributed by atoms with E-state index in [4.69, 9.17) is 0 Å². The van der Waals surface area contributed by atoms with E-state index < -0.39 is 10.0 Å². The van der Waals surface area contributed by atoms with Gasteiger partial charge in [-0.25, -0.2) is 13.1 Å². The van der Waals surface area contributed by atoms with Crippen LogP contribution in [0.2, 0.25) is 0 Å². The normalized spacial score (nSPS) is 11.7. The fourth-order valence-electron chi connectivity index (χ4n) is 4.44. The highest BCUT2D eigenvalue weighted by molar-refractivity contribution is 7.89. The van der Waals surface area contributed by atoms with Crippen LogP contribution in [0.15, 0.2) is 77.7 Å². The first-order valence-electron chi connectivity index (χ1n) is 12.3. The number of fused-ring (bicyclic) bond motifs is 1. The maximum atomic E-state index is 12.9. The number of aromatic amines is 1. The molecule has 0 radical (unpaired) electrons. The standard InChI is InChI=1S/C29H35N3O2S/c1-4-5-6-9-22-12-18-25(19-13-22)35(33,34)30-21-20-27-26-10-7-8-11-28(26)31-29(27)23-14-16-24(17-15-23)32(2)3/h7-8,10-19,30-31H,4-6,9,20-21H2,1-3H3. The number of anilines is 1. The molecule has 0 bridgehead atoms. The lowest BCUT2D eigenvalue weighted by atomic mass is 10.0. The molecule has 1 aromatic heterocycles. The molecule has 0 aliphatic carbocycles. The number of H-pyrrole nitrogens is 1. The molecule has 6 heteroatoms. The fraction of sp³-hybridized carbons (Fsp3) is 0.310. The van der Waals surface area contributed by atoms with Crippen molar-refractivity contribution in [1.29, 1.82) is 0 Å². The van der Waals surface area contributed by atoms with Crippen molar-refractivity contribution in [3.8, 4) is 11.3 Å². The van der Waals surface area contributed by atoms with Gasteiger partial charge < -0.3 is 9.88 Å². The van der Waals surface area contributed by atoms with E-state index in [0.717, 1.165) is 46.3 Å². The van der Waals surface area contributed by atoms with E-state index in [-0.39, 0.29) is 0 Å². The monoisotopic (exact) mass is 489 g/mol. The molecule has 0 aliphatic rings. The number of nitrogens with zero attached hydrogens (tertiary/aromatic N) is 1. The summed E-state index contributed by atoms with van der Waals surface area (Å²) in [5.74, 6) is 0. The summed E-state index contributed by atoms with van der Waals surface area (Å²) in [5.41, 5.74) is 6.61. The third-order valence-electron chi connectivity index (χ3n) is 6.46. The third-order valence-corrected chi connectivity index (χ3v) is 7.93. The highest BCUT2D eigenvalue weighted by Crippen LogP contribution is 2.31. The molecule has 35 heavy (non-hydrogen) atoms. The van der Waals surface area contributed by atoms with E-state index in [1.165, 1.54) is 18.4 Å². The molecular formula is C29H35N3O2S. The van der Waals surface area contributed by atoms with E-state index >= 15 is 0 Å². The van der Waals surface area contributed by atoms with Crippen LogP contribution in [0, 0.1) is 0 Å². The highest BCUT2D eigenvalue weighted by Gasteiger charge is 2.17. The van der Waals surface area contributed by atoms with E-state index in [2.05, 4.69) is 57.9 Å². The zero-order chi connectivity index (χ0) is 24.8. The minimum Gasteiger partial charge on any atom is -0.378 e. The van der Waals surface area contributed by atoms with Gasteiger partial charge in [0.1, 0.15) is 0 Å². The fourth-order valence-corrected chi connectivity index (χ4v) is 5.47. The maximum absolute atomic E-state index is 12.9. The van der Waals surface area contributed by atoms with Crippen molar-refractivity contribution in [2.24, 2.45) is 0 Å². The summed E-state index contributed by atoms with van der Waals surface area (Å²) in [6.45, 7) is 2.51. The van der Waals surface area contributed by atoms with Gasteiger partial charge in [0.25, 0.3) is 0 Å². The van der Waals surface area contributed by atoms with Gasteiger partial charge in [-0.2, -0.15) is 0 Å². The van der Waals surface area contributed by atoms with Gasteiger partial charge in [-0.05, 0) is 66.3 Å². The van der Waals surface area contributed by atoms with Crippen molar-refractivity contribution in [2.75, 3.05) is 25.5 Å². The minimum absolute atomic E-state index is 0.315. The van der Waals surface area contributed by atoms with Crippen LogP contribution in [0.3, 0.4) is 0 Å². The Kier molecular flexibility index (Phi) is 7.93. The Morgan fingerprint density at radius 3 is 2.26 bits per heavy atom. The lowest BCUT2D eigenvalue weighted by Crippen LogP contribution is -2.26. The number of rotatable bonds is 11. The lowest BCUT2D eigenvalue weighted by Gasteiger charge is -2.13. The highest BCUT2D eigenvalue weighted by atomic mass is 32.2. The molecule has 0 fully saturated rings. The number of nitrogens with one attached hydrogen (secondary N) is 2. The number of hydrogen-bond donors (Lipinski definition) is 2. The van der Waals surface area contributed by atoms with E-state index in [9.17, 15) is 8.42 Å². The van der Waals surface area contributed by atoms with Crippen molar-refractivity contribution in [3.05, 3.63) is 83.9 Å². The van der Waals surface area contributed by atoms with Crippen LogP contribution < -0.4 is 9.62 Å². The quantitative estimate of drug-likeness (QED) is 0.248. The summed E-state index contributed by atoms with van der Waals surface area (Å²) >= 11 is 0. The van der Waals surface area contributed by atoms with Gasteiger partial charge in [-0.1, -0.05) is 62.2 Å². The minimum atomic E-state index is -3.57. The SMILES string of the molecule is CCCCCc1ccc(S(=O)(=O)NCCc2c(-c3ccc(N(C)C)cc3)[nH]c3ccccc23)cc1. The van der Waals surface area contributed by atoms with Crippen LogP contribution >= 0.6 is 0 Å². The van der Waals surface area contributed by atoms with Gasteiger partial charge in [0, 0.05) is 42.9 Å². The van der Waals surface area contributed by atoms with Crippen molar-refractivity contribution >= 4 is 26.6 Å². The van der Waals surface area contributed by atoms with Gasteiger partial charge in [-0.3, -0.25) is 0 Å². The number of para-hydroxylation sites is 1. The number of aryl methyl sites for hydroxylation is 1. The molecule has 0 spiro atoms. The van der Waals surface area contributed by atoms with Gasteiger partial charge in [0.2, 0.25) is 10.0 Å². The molecule has 0 aliphatic heterocycles. The topological polar surface area (TPSA) is 65.2 Å². The van der Waals surface area contributed by atoms with Crippen molar-refractivity contribution < 1.29 is 8.42 Å². The second kappa shape index (κ2) is 11.1. The Hall–Kier alpha value is -3.09. The number of sulfonamides is 1. The second-order valence-electron chi connectivity index (χ2n) is 9.21. The first-order chi connectivity index (χ1) is 16.9. The summed E-state index contributed by atoms with van der Waals surface area (Å²) in [7, 11) is 0.480. The largest absolute Gasteiger partial charge is 0.378 e. The number of unbranched alkanes of at least 4 members (excludes halogenated alkanes) is 2. The molecule has 0 saturated heterocycles. The van der Waals surface area contributed by atoms with Crippen LogP contribution in [-0.4, -0.2) is 34.0 Å². The predicted molar refractivity (Wildman–Crippen MR) is 147 cm³/mol. The molecule has 184 valence electrons. The smallest absolute Gasteiger partial charge is 0.240 e. The first-order valence-corrected chi connectivity index (χ1v) is 13.8. The van der Waals surface area contributed by atoms with E-state index in [1.54, 1.807) is 12.1 Å². The predicted octanol–water partition coefficient (Wildman–Crippen LogP) is 6.15. The van der Waals surface area contributed by atoms with Crippen LogP contribution in [0.4, 0.5) is 5.69 Å². The van der Waals surface area contributed by atoms with E-state index in [1.807, 2.05) is 38.4 Å². The average molecular weight is 490 g/mol. The molecule has 0 saturated carbocycles. The maximum Gasteiger partial charge on any atom is 0.240 e. The van der Waals surface area contributed by atoms with Crippen LogP contribution in [-0.2, 0) is 22.9 Å². The third kappa shape index (κ3) is 5.95. The Bertz CT molecular complexity index is 1360. The van der Waals surface area contributed by atoms with Gasteiger partial charge >= 0.3 is 0 Å². The molecule has 0 amide bonds. The van der Waals surface area contributed by atoms with Gasteiger partial charge in [0.15, 0.2) is 0 Å². The second-order valence-corrected chi connectivity index (χ2v) is 11.0. The first kappa shape index (κ1) is 25.0. The molecule has 5 nitrogen and oxygen atoms in total. The Labute approximate surface area is 209 Å². The molecule has 0 atom stereocenters. The molecular weight excluding hydrogens is 454 g/mol. The van der Waals surface area contributed by atoms with E-state index in [0.29, 0.717) is 17.9 Å². The van der Waals surface area contributed by atoms with Crippen molar-refractivity contribution in [1.82, 2.24) is 9.71 Å². The average Bonchev–Trinajstić information content (AvgIpc) is 3.23. The summed E-state index contributed by atoms with van der Waals surface area (Å²) < 4.78 is 28.7. The molecule has 2 N–H and O–H groups in total. The number of hydrogen-bond acceptors (Lipinski definition) is 3. The Balaban J connectivity index is 1.50. The molecule has 1 heterocycles. The van der Waals surface area contributed by atoms with Gasteiger partial charge in [-0.15, -0.1) is 0 Å². The van der Waals surface area contributed by atoms with Crippen LogP contribution in [0.5, 0.6) is 0 Å². The Morgan fingerprint density at radius 2 is 1.57 bits per heavy atom.